The molecule has 0 saturated carbocycles. The predicted octanol–water partition coefficient (Wildman–Crippen LogP) is 0.566. The fourth-order valence-corrected chi connectivity index (χ4v) is 1.67. The molecule has 0 unspecified atom stereocenters. The monoisotopic (exact) mass is 242 g/mol. The lowest BCUT2D eigenvalue weighted by Gasteiger charge is -2.33. The zero-order valence-corrected chi connectivity index (χ0v) is 10.4. The van der Waals surface area contributed by atoms with Gasteiger partial charge in [-0.3, -0.25) is 14.5 Å². The second-order valence-corrected chi connectivity index (χ2v) is 5.14. The lowest BCUT2D eigenvalue weighted by Crippen LogP contribution is -2.50. The van der Waals surface area contributed by atoms with E-state index in [9.17, 15) is 14.4 Å². The van der Waals surface area contributed by atoms with Crippen LogP contribution in [0.15, 0.2) is 0 Å². The number of ketones is 1. The van der Waals surface area contributed by atoms with Crippen molar-refractivity contribution in [2.24, 2.45) is 0 Å². The van der Waals surface area contributed by atoms with Crippen LogP contribution in [0.4, 0.5) is 4.79 Å². The van der Waals surface area contributed by atoms with Gasteiger partial charge >= 0.3 is 6.09 Å². The van der Waals surface area contributed by atoms with Crippen molar-refractivity contribution in [2.45, 2.75) is 32.7 Å². The number of amides is 2. The Morgan fingerprint density at radius 3 is 2.35 bits per heavy atom. The van der Waals surface area contributed by atoms with E-state index in [-0.39, 0.29) is 24.8 Å². The van der Waals surface area contributed by atoms with Gasteiger partial charge in [0.1, 0.15) is 6.54 Å². The van der Waals surface area contributed by atoms with E-state index < -0.39 is 11.6 Å². The Labute approximate surface area is 100 Å². The second-order valence-electron chi connectivity index (χ2n) is 5.14. The van der Waals surface area contributed by atoms with Crippen LogP contribution in [0.3, 0.4) is 0 Å². The molecule has 1 heterocycles. The molecule has 6 heteroatoms. The smallest absolute Gasteiger partial charge is 0.408 e. The molecule has 0 aromatic heterocycles. The highest BCUT2D eigenvalue weighted by Gasteiger charge is 2.31. The molecular formula is C11H18N2O4. The topological polar surface area (TPSA) is 77.9 Å². The summed E-state index contributed by atoms with van der Waals surface area (Å²) >= 11 is 0. The quantitative estimate of drug-likeness (QED) is 0.767. The lowest BCUT2D eigenvalue weighted by molar-refractivity contribution is -0.133. The summed E-state index contributed by atoms with van der Waals surface area (Å²) in [6, 6.07) is 0. The average molecular weight is 242 g/mol. The third-order valence-electron chi connectivity index (χ3n) is 2.71. The van der Waals surface area contributed by atoms with Crippen LogP contribution < -0.4 is 0 Å². The first-order chi connectivity index (χ1) is 7.71. The van der Waals surface area contributed by atoms with E-state index >= 15 is 0 Å². The molecule has 0 aromatic carbocycles. The summed E-state index contributed by atoms with van der Waals surface area (Å²) in [5, 5.41) is 9.04. The van der Waals surface area contributed by atoms with Crippen molar-refractivity contribution in [3.05, 3.63) is 0 Å². The molecule has 0 bridgehead atoms. The number of carbonyl (C=O) groups is 3. The van der Waals surface area contributed by atoms with E-state index in [4.69, 9.17) is 5.11 Å². The van der Waals surface area contributed by atoms with E-state index in [1.807, 2.05) is 0 Å². The third-order valence-corrected chi connectivity index (χ3v) is 2.71. The molecule has 0 aromatic rings. The molecule has 0 spiro atoms. The number of Topliss-reactive ketones (excluding diaryl/α,β-unsaturated/α-hetero) is 1. The minimum absolute atomic E-state index is 0.0241. The van der Waals surface area contributed by atoms with Gasteiger partial charge < -0.3 is 10.0 Å². The Kier molecular flexibility index (Phi) is 3.75. The van der Waals surface area contributed by atoms with Crippen LogP contribution in [0, 0.1) is 0 Å². The molecule has 0 atom stereocenters. The van der Waals surface area contributed by atoms with E-state index in [2.05, 4.69) is 0 Å². The SMILES string of the molecule is CC(C)(C)N(CC(=O)N1CCC(=O)C1)C(=O)O. The Morgan fingerprint density at radius 1 is 1.41 bits per heavy atom. The zero-order valence-electron chi connectivity index (χ0n) is 10.4. The van der Waals surface area contributed by atoms with Gasteiger partial charge in [-0.05, 0) is 20.8 Å². The minimum atomic E-state index is -1.13. The number of hydrogen-bond acceptors (Lipinski definition) is 3. The van der Waals surface area contributed by atoms with Crippen molar-refractivity contribution >= 4 is 17.8 Å². The van der Waals surface area contributed by atoms with Gasteiger partial charge in [-0.25, -0.2) is 4.79 Å². The van der Waals surface area contributed by atoms with Crippen LogP contribution in [0.25, 0.3) is 0 Å². The summed E-state index contributed by atoms with van der Waals surface area (Å²) in [7, 11) is 0. The largest absolute Gasteiger partial charge is 0.465 e. The molecule has 1 rings (SSSR count). The Balaban J connectivity index is 2.65. The maximum Gasteiger partial charge on any atom is 0.408 e. The van der Waals surface area contributed by atoms with Crippen LogP contribution in [-0.4, -0.2) is 57.9 Å². The van der Waals surface area contributed by atoms with Gasteiger partial charge in [0.2, 0.25) is 5.91 Å². The average Bonchev–Trinajstić information content (AvgIpc) is 2.58. The molecule has 17 heavy (non-hydrogen) atoms. The van der Waals surface area contributed by atoms with Crippen LogP contribution in [-0.2, 0) is 9.59 Å². The molecule has 0 aliphatic carbocycles. The van der Waals surface area contributed by atoms with E-state index in [1.165, 1.54) is 4.90 Å². The van der Waals surface area contributed by atoms with Crippen LogP contribution in [0.2, 0.25) is 0 Å². The molecule has 1 aliphatic rings. The summed E-state index contributed by atoms with van der Waals surface area (Å²) in [4.78, 5) is 36.4. The van der Waals surface area contributed by atoms with Crippen molar-refractivity contribution in [2.75, 3.05) is 19.6 Å². The van der Waals surface area contributed by atoms with Gasteiger partial charge in [-0.2, -0.15) is 0 Å². The number of carboxylic acid groups (broad SMARTS) is 1. The second kappa shape index (κ2) is 4.73. The Hall–Kier alpha value is -1.59. The highest BCUT2D eigenvalue weighted by Crippen LogP contribution is 2.14. The first-order valence-corrected chi connectivity index (χ1v) is 5.52. The predicted molar refractivity (Wildman–Crippen MR) is 60.7 cm³/mol. The van der Waals surface area contributed by atoms with Gasteiger partial charge in [0.25, 0.3) is 0 Å². The fourth-order valence-electron chi connectivity index (χ4n) is 1.67. The maximum absolute atomic E-state index is 11.8. The van der Waals surface area contributed by atoms with Gasteiger partial charge in [0.15, 0.2) is 5.78 Å². The van der Waals surface area contributed by atoms with Crippen molar-refractivity contribution in [3.63, 3.8) is 0 Å². The van der Waals surface area contributed by atoms with Crippen LogP contribution in [0.1, 0.15) is 27.2 Å². The molecule has 96 valence electrons. The van der Waals surface area contributed by atoms with Crippen LogP contribution >= 0.6 is 0 Å². The summed E-state index contributed by atoms with van der Waals surface area (Å²) < 4.78 is 0. The minimum Gasteiger partial charge on any atom is -0.465 e. The molecule has 1 aliphatic heterocycles. The molecule has 6 nitrogen and oxygen atoms in total. The molecule has 1 fully saturated rings. The first-order valence-electron chi connectivity index (χ1n) is 5.52. The molecule has 1 N–H and O–H groups in total. The zero-order chi connectivity index (χ0) is 13.2. The molecule has 1 saturated heterocycles. The van der Waals surface area contributed by atoms with Crippen molar-refractivity contribution in [1.29, 1.82) is 0 Å². The van der Waals surface area contributed by atoms with E-state index in [0.717, 1.165) is 4.90 Å². The summed E-state index contributed by atoms with van der Waals surface area (Å²) in [5.74, 6) is -0.288. The standard InChI is InChI=1S/C11H18N2O4/c1-11(2,3)13(10(16)17)7-9(15)12-5-4-8(14)6-12/h4-7H2,1-3H3,(H,16,17). The van der Waals surface area contributed by atoms with Gasteiger partial charge in [0.05, 0.1) is 6.54 Å². The first kappa shape index (κ1) is 13.5. The number of hydrogen-bond donors (Lipinski definition) is 1. The normalized spacial score (nSPS) is 16.2. The maximum atomic E-state index is 11.8. The Morgan fingerprint density at radius 2 is 2.00 bits per heavy atom. The van der Waals surface area contributed by atoms with Gasteiger partial charge in [-0.1, -0.05) is 0 Å². The number of nitrogens with zero attached hydrogens (tertiary/aromatic N) is 2. The highest BCUT2D eigenvalue weighted by molar-refractivity contribution is 5.91. The van der Waals surface area contributed by atoms with Gasteiger partial charge in [-0.15, -0.1) is 0 Å². The lowest BCUT2D eigenvalue weighted by atomic mass is 10.1. The molecule has 0 radical (unpaired) electrons. The number of likely N-dealkylation sites (tertiary alicyclic amines) is 1. The highest BCUT2D eigenvalue weighted by atomic mass is 16.4. The summed E-state index contributed by atoms with van der Waals surface area (Å²) in [6.45, 7) is 5.48. The third kappa shape index (κ3) is 3.44. The van der Waals surface area contributed by atoms with Crippen molar-refractivity contribution < 1.29 is 19.5 Å². The molecular weight excluding hydrogens is 224 g/mol. The van der Waals surface area contributed by atoms with E-state index in [1.54, 1.807) is 20.8 Å². The van der Waals surface area contributed by atoms with Crippen molar-refractivity contribution in [3.8, 4) is 0 Å². The fraction of sp³-hybridized carbons (Fsp3) is 0.727. The number of carbonyl (C=O) groups excluding carboxylic acids is 2. The summed E-state index contributed by atoms with van der Waals surface area (Å²) in [6.07, 6.45) is -0.759. The number of rotatable bonds is 2. The van der Waals surface area contributed by atoms with E-state index in [0.29, 0.717) is 13.0 Å². The van der Waals surface area contributed by atoms with Gasteiger partial charge in [0, 0.05) is 18.5 Å². The summed E-state index contributed by atoms with van der Waals surface area (Å²) in [5.41, 5.74) is -0.634. The molecule has 2 amide bonds. The Bertz CT molecular complexity index is 346. The van der Waals surface area contributed by atoms with Crippen LogP contribution in [0.5, 0.6) is 0 Å². The van der Waals surface area contributed by atoms with Crippen molar-refractivity contribution in [1.82, 2.24) is 9.80 Å².